The Bertz CT molecular complexity index is 921. The predicted octanol–water partition coefficient (Wildman–Crippen LogP) is 2.18. The summed E-state index contributed by atoms with van der Waals surface area (Å²) in [4.78, 5) is 13.7. The van der Waals surface area contributed by atoms with E-state index < -0.39 is 0 Å². The summed E-state index contributed by atoms with van der Waals surface area (Å²) in [6.07, 6.45) is 8.05. The molecule has 152 valence electrons. The zero-order valence-electron chi connectivity index (χ0n) is 16.3. The van der Waals surface area contributed by atoms with Crippen LogP contribution in [0.4, 0.5) is 10.2 Å². The van der Waals surface area contributed by atoms with Gasteiger partial charge in [-0.1, -0.05) is 0 Å². The van der Waals surface area contributed by atoms with E-state index in [4.69, 9.17) is 5.11 Å². The maximum absolute atomic E-state index is 13.3. The molecule has 0 amide bonds. The van der Waals surface area contributed by atoms with Crippen LogP contribution in [0, 0.1) is 5.82 Å². The maximum atomic E-state index is 13.3. The second-order valence-corrected chi connectivity index (χ2v) is 7.19. The molecule has 1 aliphatic rings. The van der Waals surface area contributed by atoms with Crippen molar-refractivity contribution in [2.24, 2.45) is 0 Å². The van der Waals surface area contributed by atoms with Crippen molar-refractivity contribution in [3.05, 3.63) is 60.4 Å². The van der Waals surface area contributed by atoms with E-state index in [1.165, 1.54) is 17.7 Å². The first-order valence-electron chi connectivity index (χ1n) is 9.89. The Labute approximate surface area is 169 Å². The molecule has 1 fully saturated rings. The molecule has 0 aliphatic carbocycles. The van der Waals surface area contributed by atoms with Crippen molar-refractivity contribution in [1.82, 2.24) is 24.6 Å². The van der Waals surface area contributed by atoms with Crippen molar-refractivity contribution in [2.45, 2.75) is 19.5 Å². The number of hydrogen-bond donors (Lipinski definition) is 1. The number of benzene rings is 1. The van der Waals surface area contributed by atoms with Crippen LogP contribution >= 0.6 is 0 Å². The average molecular weight is 396 g/mol. The van der Waals surface area contributed by atoms with Crippen LogP contribution in [0.25, 0.3) is 11.3 Å². The lowest BCUT2D eigenvalue weighted by molar-refractivity contribution is 0.249. The first-order valence-corrected chi connectivity index (χ1v) is 9.89. The van der Waals surface area contributed by atoms with Gasteiger partial charge in [0, 0.05) is 75.6 Å². The molecule has 1 aliphatic heterocycles. The Morgan fingerprint density at radius 1 is 1.00 bits per heavy atom. The summed E-state index contributed by atoms with van der Waals surface area (Å²) in [7, 11) is 0. The molecular weight excluding hydrogens is 371 g/mol. The van der Waals surface area contributed by atoms with Crippen molar-refractivity contribution in [3.63, 3.8) is 0 Å². The number of aliphatic hydroxyl groups is 1. The fraction of sp³-hybridized carbons (Fsp3) is 0.381. The second kappa shape index (κ2) is 9.11. The molecule has 0 unspecified atom stereocenters. The normalized spacial score (nSPS) is 15.0. The van der Waals surface area contributed by atoms with Gasteiger partial charge in [0.25, 0.3) is 0 Å². The summed E-state index contributed by atoms with van der Waals surface area (Å²) < 4.78 is 15.2. The molecule has 2 aromatic heterocycles. The van der Waals surface area contributed by atoms with Gasteiger partial charge in [0.15, 0.2) is 5.82 Å². The smallest absolute Gasteiger partial charge is 0.155 e. The standard InChI is InChI=1S/C21H25FN6O/c22-19-4-2-18(3-5-19)20-21(24-7-6-23-20)27-11-9-26(10-12-27)15-17-14-25-28(16-17)8-1-13-29/h2-7,14,16,29H,1,8-13,15H2. The van der Waals surface area contributed by atoms with Gasteiger partial charge >= 0.3 is 0 Å². The number of aliphatic hydroxyl groups excluding tert-OH is 1. The molecule has 3 heterocycles. The first kappa shape index (κ1) is 19.5. The molecule has 0 bridgehead atoms. The van der Waals surface area contributed by atoms with Crippen LogP contribution in [-0.4, -0.2) is 62.5 Å². The molecular formula is C21H25FN6O. The highest BCUT2D eigenvalue weighted by molar-refractivity contribution is 5.72. The van der Waals surface area contributed by atoms with Crippen molar-refractivity contribution in [2.75, 3.05) is 37.7 Å². The molecule has 0 atom stereocenters. The van der Waals surface area contributed by atoms with E-state index in [1.54, 1.807) is 24.5 Å². The highest BCUT2D eigenvalue weighted by atomic mass is 19.1. The highest BCUT2D eigenvalue weighted by Gasteiger charge is 2.21. The molecule has 4 rings (SSSR count). The van der Waals surface area contributed by atoms with Crippen LogP contribution in [0.1, 0.15) is 12.0 Å². The molecule has 3 aromatic rings. The van der Waals surface area contributed by atoms with Gasteiger partial charge < -0.3 is 10.0 Å². The zero-order valence-corrected chi connectivity index (χ0v) is 16.3. The van der Waals surface area contributed by atoms with Gasteiger partial charge in [-0.2, -0.15) is 5.10 Å². The molecule has 0 saturated carbocycles. The lowest BCUT2D eigenvalue weighted by atomic mass is 10.1. The summed E-state index contributed by atoms with van der Waals surface area (Å²) in [6, 6.07) is 6.39. The van der Waals surface area contributed by atoms with Gasteiger partial charge in [0.1, 0.15) is 11.5 Å². The third kappa shape index (κ3) is 4.78. The molecule has 7 nitrogen and oxygen atoms in total. The Hall–Kier alpha value is -2.84. The third-order valence-corrected chi connectivity index (χ3v) is 5.11. The largest absolute Gasteiger partial charge is 0.396 e. The summed E-state index contributed by atoms with van der Waals surface area (Å²) in [5, 5.41) is 13.3. The molecule has 1 aromatic carbocycles. The molecule has 1 N–H and O–H groups in total. The lowest BCUT2D eigenvalue weighted by Crippen LogP contribution is -2.46. The fourth-order valence-corrected chi connectivity index (χ4v) is 3.59. The quantitative estimate of drug-likeness (QED) is 0.660. The van der Waals surface area contributed by atoms with E-state index in [-0.39, 0.29) is 12.4 Å². The van der Waals surface area contributed by atoms with Crippen LogP contribution < -0.4 is 4.90 Å². The molecule has 29 heavy (non-hydrogen) atoms. The van der Waals surface area contributed by atoms with E-state index in [0.29, 0.717) is 6.42 Å². The third-order valence-electron chi connectivity index (χ3n) is 5.11. The van der Waals surface area contributed by atoms with Crippen molar-refractivity contribution >= 4 is 5.82 Å². The van der Waals surface area contributed by atoms with Crippen molar-refractivity contribution < 1.29 is 9.50 Å². The van der Waals surface area contributed by atoms with Gasteiger partial charge in [0.2, 0.25) is 0 Å². The summed E-state index contributed by atoms with van der Waals surface area (Å²) in [6.45, 7) is 5.32. The molecule has 0 radical (unpaired) electrons. The van der Waals surface area contributed by atoms with E-state index in [2.05, 4.69) is 31.1 Å². The fourth-order valence-electron chi connectivity index (χ4n) is 3.59. The van der Waals surface area contributed by atoms with Gasteiger partial charge in [-0.05, 0) is 30.7 Å². The maximum Gasteiger partial charge on any atom is 0.155 e. The minimum absolute atomic E-state index is 0.180. The summed E-state index contributed by atoms with van der Waals surface area (Å²) >= 11 is 0. The van der Waals surface area contributed by atoms with Crippen LogP contribution in [0.5, 0.6) is 0 Å². The number of anilines is 1. The SMILES string of the molecule is OCCCn1cc(CN2CCN(c3nccnc3-c3ccc(F)cc3)CC2)cn1. The van der Waals surface area contributed by atoms with Gasteiger partial charge in [-0.15, -0.1) is 0 Å². The lowest BCUT2D eigenvalue weighted by Gasteiger charge is -2.35. The van der Waals surface area contributed by atoms with Crippen LogP contribution in [-0.2, 0) is 13.1 Å². The van der Waals surface area contributed by atoms with Gasteiger partial charge in [0.05, 0.1) is 6.20 Å². The summed E-state index contributed by atoms with van der Waals surface area (Å²) in [5.74, 6) is 0.586. The van der Waals surface area contributed by atoms with Crippen molar-refractivity contribution in [1.29, 1.82) is 0 Å². The highest BCUT2D eigenvalue weighted by Crippen LogP contribution is 2.27. The number of rotatable bonds is 7. The Balaban J connectivity index is 1.39. The van der Waals surface area contributed by atoms with E-state index in [0.717, 1.165) is 56.3 Å². The van der Waals surface area contributed by atoms with E-state index >= 15 is 0 Å². The number of piperazine rings is 1. The number of hydrogen-bond acceptors (Lipinski definition) is 6. The van der Waals surface area contributed by atoms with Crippen LogP contribution in [0.3, 0.4) is 0 Å². The average Bonchev–Trinajstić information content (AvgIpc) is 3.21. The van der Waals surface area contributed by atoms with E-state index in [1.807, 2.05) is 10.9 Å². The van der Waals surface area contributed by atoms with Gasteiger partial charge in [-0.3, -0.25) is 14.6 Å². The Morgan fingerprint density at radius 3 is 2.52 bits per heavy atom. The molecule has 8 heteroatoms. The van der Waals surface area contributed by atoms with Crippen LogP contribution in [0.2, 0.25) is 0 Å². The molecule has 0 spiro atoms. The number of aromatic nitrogens is 4. The topological polar surface area (TPSA) is 70.3 Å². The minimum atomic E-state index is -0.257. The molecule has 1 saturated heterocycles. The minimum Gasteiger partial charge on any atom is -0.396 e. The monoisotopic (exact) mass is 396 g/mol. The number of nitrogens with zero attached hydrogens (tertiary/aromatic N) is 6. The van der Waals surface area contributed by atoms with Crippen LogP contribution in [0.15, 0.2) is 49.1 Å². The second-order valence-electron chi connectivity index (χ2n) is 7.19. The first-order chi connectivity index (χ1) is 14.2. The summed E-state index contributed by atoms with van der Waals surface area (Å²) in [5.41, 5.74) is 2.83. The van der Waals surface area contributed by atoms with E-state index in [9.17, 15) is 4.39 Å². The predicted molar refractivity (Wildman–Crippen MR) is 109 cm³/mol. The Kier molecular flexibility index (Phi) is 6.12. The van der Waals surface area contributed by atoms with Gasteiger partial charge in [-0.25, -0.2) is 9.37 Å². The van der Waals surface area contributed by atoms with Crippen molar-refractivity contribution in [3.8, 4) is 11.3 Å². The zero-order chi connectivity index (χ0) is 20.1. The number of aryl methyl sites for hydroxylation is 1. The Morgan fingerprint density at radius 2 is 1.76 bits per heavy atom. The number of halogens is 1.